The summed E-state index contributed by atoms with van der Waals surface area (Å²) >= 11 is 12.0. The Morgan fingerprint density at radius 1 is 1.32 bits per heavy atom. The monoisotopic (exact) mass is 474 g/mol. The molecule has 1 atom stereocenters. The fourth-order valence-electron chi connectivity index (χ4n) is 3.60. The number of ether oxygens (including phenoxy) is 1. The summed E-state index contributed by atoms with van der Waals surface area (Å²) in [5.74, 6) is 0.393. The summed E-state index contributed by atoms with van der Waals surface area (Å²) in [5.41, 5.74) is -2.13. The van der Waals surface area contributed by atoms with E-state index in [0.717, 1.165) is 16.3 Å². The number of nitrogens with one attached hydrogen (secondary N) is 1. The van der Waals surface area contributed by atoms with Crippen molar-refractivity contribution in [2.24, 2.45) is 0 Å². The number of urea groups is 1. The highest BCUT2D eigenvalue weighted by atomic mass is 35.5. The van der Waals surface area contributed by atoms with Crippen LogP contribution in [0.2, 0.25) is 10.2 Å². The predicted molar refractivity (Wildman–Crippen MR) is 108 cm³/mol. The third kappa shape index (κ3) is 3.32. The molecule has 3 aromatic rings. The minimum atomic E-state index is -4.68. The zero-order valence-electron chi connectivity index (χ0n) is 16.4. The Hall–Kier alpha value is -2.79. The molecule has 0 aromatic carbocycles. The molecule has 0 fully saturated rings. The summed E-state index contributed by atoms with van der Waals surface area (Å²) in [6, 6.07) is 1.86. The van der Waals surface area contributed by atoms with Crippen molar-refractivity contribution in [2.45, 2.75) is 25.4 Å². The Labute approximate surface area is 183 Å². The molecule has 8 nitrogen and oxygen atoms in total. The van der Waals surface area contributed by atoms with Gasteiger partial charge in [0.1, 0.15) is 11.2 Å². The minimum Gasteiger partial charge on any atom is -0.493 e. The smallest absolute Gasteiger partial charge is 0.401 e. The van der Waals surface area contributed by atoms with Gasteiger partial charge in [0.25, 0.3) is 0 Å². The molecule has 0 saturated carbocycles. The molecule has 2 amide bonds. The van der Waals surface area contributed by atoms with Crippen molar-refractivity contribution in [2.75, 3.05) is 23.9 Å². The van der Waals surface area contributed by atoms with Crippen LogP contribution in [0.1, 0.15) is 18.3 Å². The van der Waals surface area contributed by atoms with Gasteiger partial charge in [0.15, 0.2) is 16.5 Å². The van der Waals surface area contributed by atoms with E-state index in [-0.39, 0.29) is 33.0 Å². The van der Waals surface area contributed by atoms with E-state index in [4.69, 9.17) is 27.9 Å². The lowest BCUT2D eigenvalue weighted by molar-refractivity contribution is -0.181. The fourth-order valence-corrected chi connectivity index (χ4v) is 4.09. The maximum absolute atomic E-state index is 14.1. The first-order chi connectivity index (χ1) is 14.5. The van der Waals surface area contributed by atoms with Crippen LogP contribution in [0.4, 0.5) is 29.5 Å². The van der Waals surface area contributed by atoms with Gasteiger partial charge in [-0.15, -0.1) is 0 Å². The number of alkyl halides is 3. The van der Waals surface area contributed by atoms with E-state index < -0.39 is 24.2 Å². The normalized spacial score (nSPS) is 18.4. The molecule has 4 rings (SSSR count). The molecule has 0 radical (unpaired) electrons. The lowest BCUT2D eigenvalue weighted by Crippen LogP contribution is -2.46. The second-order valence-corrected chi connectivity index (χ2v) is 7.98. The quantitative estimate of drug-likeness (QED) is 0.585. The predicted octanol–water partition coefficient (Wildman–Crippen LogP) is 4.62. The molecular formula is C18H15Cl2F3N6O2. The van der Waals surface area contributed by atoms with Gasteiger partial charge in [-0.25, -0.2) is 19.3 Å². The van der Waals surface area contributed by atoms with Gasteiger partial charge >= 0.3 is 12.2 Å². The van der Waals surface area contributed by atoms with E-state index in [1.165, 1.54) is 25.4 Å². The molecule has 1 N–H and O–H groups in total. The summed E-state index contributed by atoms with van der Waals surface area (Å²) in [6.45, 7) is 1.94. The van der Waals surface area contributed by atoms with Crippen molar-refractivity contribution >= 4 is 46.4 Å². The SMILES string of the molecule is COc1c(Cl)cc(NC(=O)N2C[C@@](C)(C(F)(F)F)c3c2cnc2cc(Cl)nn32)nc1C. The fraction of sp³-hybridized carbons (Fsp3) is 0.333. The summed E-state index contributed by atoms with van der Waals surface area (Å²) in [4.78, 5) is 22.2. The van der Waals surface area contributed by atoms with Crippen molar-refractivity contribution < 1.29 is 22.7 Å². The number of nitrogens with zero attached hydrogens (tertiary/aromatic N) is 5. The Bertz CT molecular complexity index is 1190. The Kier molecular flexibility index (Phi) is 4.93. The number of methoxy groups -OCH3 is 1. The number of carbonyl (C=O) groups excluding carboxylic acids is 1. The highest BCUT2D eigenvalue weighted by molar-refractivity contribution is 6.32. The summed E-state index contributed by atoms with van der Waals surface area (Å²) in [5, 5.41) is 6.60. The Morgan fingerprint density at radius 2 is 2.03 bits per heavy atom. The lowest BCUT2D eigenvalue weighted by atomic mass is 9.88. The molecule has 31 heavy (non-hydrogen) atoms. The van der Waals surface area contributed by atoms with E-state index >= 15 is 0 Å². The van der Waals surface area contributed by atoms with Crippen LogP contribution in [0, 0.1) is 6.92 Å². The number of halogens is 5. The van der Waals surface area contributed by atoms with Crippen LogP contribution < -0.4 is 15.0 Å². The minimum absolute atomic E-state index is 0.0131. The Balaban J connectivity index is 1.78. The topological polar surface area (TPSA) is 84.6 Å². The number of aromatic nitrogens is 4. The number of amides is 2. The third-order valence-corrected chi connectivity index (χ3v) is 5.59. The molecule has 0 saturated heterocycles. The average Bonchev–Trinajstić information content (AvgIpc) is 3.18. The molecule has 0 bridgehead atoms. The van der Waals surface area contributed by atoms with Gasteiger partial charge in [-0.3, -0.25) is 10.2 Å². The average molecular weight is 475 g/mol. The van der Waals surface area contributed by atoms with Crippen LogP contribution >= 0.6 is 23.2 Å². The van der Waals surface area contributed by atoms with Crippen molar-refractivity contribution in [3.63, 3.8) is 0 Å². The molecule has 0 unspecified atom stereocenters. The molecule has 0 spiro atoms. The van der Waals surface area contributed by atoms with Gasteiger partial charge in [-0.2, -0.15) is 18.3 Å². The number of carbonyl (C=O) groups is 1. The zero-order valence-corrected chi connectivity index (χ0v) is 17.9. The van der Waals surface area contributed by atoms with Crippen molar-refractivity contribution in [1.29, 1.82) is 0 Å². The molecule has 1 aliphatic rings. The first-order valence-electron chi connectivity index (χ1n) is 8.87. The summed E-state index contributed by atoms with van der Waals surface area (Å²) < 4.78 is 48.5. The molecular weight excluding hydrogens is 460 g/mol. The molecule has 164 valence electrons. The van der Waals surface area contributed by atoms with Crippen LogP contribution in [0.5, 0.6) is 5.75 Å². The summed E-state index contributed by atoms with van der Waals surface area (Å²) in [7, 11) is 1.42. The van der Waals surface area contributed by atoms with Gasteiger partial charge in [0.2, 0.25) is 0 Å². The number of anilines is 2. The molecule has 4 heterocycles. The maximum atomic E-state index is 14.1. The van der Waals surface area contributed by atoms with E-state index in [1.54, 1.807) is 6.92 Å². The van der Waals surface area contributed by atoms with E-state index in [9.17, 15) is 18.0 Å². The third-order valence-electron chi connectivity index (χ3n) is 5.13. The highest BCUT2D eigenvalue weighted by Gasteiger charge is 2.60. The maximum Gasteiger partial charge on any atom is 0.401 e. The molecule has 3 aromatic heterocycles. The van der Waals surface area contributed by atoms with Crippen molar-refractivity contribution in [3.05, 3.63) is 39.9 Å². The number of hydrogen-bond donors (Lipinski definition) is 1. The van der Waals surface area contributed by atoms with Crippen LogP contribution in [-0.4, -0.2) is 45.4 Å². The standard InChI is InChI=1S/C18H15Cl2F3N6O2/c1-8-14(31-3)9(19)4-12(25-8)26-16(30)28-7-17(2,18(21,22)23)15-10(28)6-24-13-5-11(20)27-29(13)15/h4-6H,7H2,1-3H3,(H,25,26,30)/t17-/m1/s1. The lowest BCUT2D eigenvalue weighted by Gasteiger charge is -2.28. The van der Waals surface area contributed by atoms with Crippen LogP contribution in [0.25, 0.3) is 5.65 Å². The summed E-state index contributed by atoms with van der Waals surface area (Å²) in [6.07, 6.45) is -3.49. The first-order valence-corrected chi connectivity index (χ1v) is 9.63. The van der Waals surface area contributed by atoms with Gasteiger partial charge in [0.05, 0.1) is 35.4 Å². The van der Waals surface area contributed by atoms with Crippen LogP contribution in [0.3, 0.4) is 0 Å². The van der Waals surface area contributed by atoms with Gasteiger partial charge in [-0.1, -0.05) is 23.2 Å². The zero-order chi connectivity index (χ0) is 22.7. The Morgan fingerprint density at radius 3 is 2.65 bits per heavy atom. The van der Waals surface area contributed by atoms with Gasteiger partial charge < -0.3 is 4.74 Å². The molecule has 0 aliphatic carbocycles. The van der Waals surface area contributed by atoms with E-state index in [0.29, 0.717) is 11.4 Å². The number of fused-ring (bicyclic) bond motifs is 3. The number of aryl methyl sites for hydroxylation is 1. The largest absolute Gasteiger partial charge is 0.493 e. The second-order valence-electron chi connectivity index (χ2n) is 7.18. The molecule has 1 aliphatic heterocycles. The van der Waals surface area contributed by atoms with E-state index in [2.05, 4.69) is 20.4 Å². The number of pyridine rings is 1. The van der Waals surface area contributed by atoms with E-state index in [1.807, 2.05) is 0 Å². The number of rotatable bonds is 2. The van der Waals surface area contributed by atoms with Crippen molar-refractivity contribution in [3.8, 4) is 5.75 Å². The second kappa shape index (κ2) is 7.13. The highest BCUT2D eigenvalue weighted by Crippen LogP contribution is 2.50. The van der Waals surface area contributed by atoms with Gasteiger partial charge in [-0.05, 0) is 13.8 Å². The van der Waals surface area contributed by atoms with Gasteiger partial charge in [0, 0.05) is 18.7 Å². The van der Waals surface area contributed by atoms with Crippen LogP contribution in [-0.2, 0) is 5.41 Å². The first kappa shape index (κ1) is 21.4. The number of hydrogen-bond acceptors (Lipinski definition) is 5. The van der Waals surface area contributed by atoms with Crippen molar-refractivity contribution in [1.82, 2.24) is 19.6 Å². The van der Waals surface area contributed by atoms with Crippen LogP contribution in [0.15, 0.2) is 18.3 Å². The molecule has 13 heteroatoms.